The van der Waals surface area contributed by atoms with Gasteiger partial charge in [0.25, 0.3) is 5.91 Å². The predicted molar refractivity (Wildman–Crippen MR) is 128 cm³/mol. The number of amidine groups is 1. The van der Waals surface area contributed by atoms with Crippen LogP contribution in [0.2, 0.25) is 5.02 Å². The van der Waals surface area contributed by atoms with Crippen molar-refractivity contribution in [2.45, 2.75) is 26.2 Å². The van der Waals surface area contributed by atoms with Gasteiger partial charge in [-0.2, -0.15) is 4.99 Å². The van der Waals surface area contributed by atoms with E-state index in [-0.39, 0.29) is 11.3 Å². The Morgan fingerprint density at radius 3 is 2.13 bits per heavy atom. The summed E-state index contributed by atoms with van der Waals surface area (Å²) in [5, 5.41) is 1.56. The average Bonchev–Trinajstić information content (AvgIpc) is 3.09. The number of rotatable bonds is 2. The van der Waals surface area contributed by atoms with Crippen molar-refractivity contribution < 1.29 is 4.79 Å². The number of amides is 1. The van der Waals surface area contributed by atoms with E-state index in [1.165, 1.54) is 23.0 Å². The molecule has 1 amide bonds. The summed E-state index contributed by atoms with van der Waals surface area (Å²) in [4.78, 5) is 22.0. The van der Waals surface area contributed by atoms with Crippen LogP contribution in [0, 0.1) is 0 Å². The van der Waals surface area contributed by atoms with Crippen LogP contribution in [0.1, 0.15) is 31.9 Å². The Morgan fingerprint density at radius 2 is 1.53 bits per heavy atom. The number of carbonyl (C=O) groups is 1. The molecule has 2 aliphatic rings. The average molecular weight is 440 g/mol. The van der Waals surface area contributed by atoms with Crippen molar-refractivity contribution >= 4 is 46.2 Å². The topological polar surface area (TPSA) is 35.9 Å². The van der Waals surface area contributed by atoms with Crippen LogP contribution in [0.4, 0.5) is 5.69 Å². The third-order valence-electron chi connectivity index (χ3n) is 5.43. The highest BCUT2D eigenvalue weighted by Crippen LogP contribution is 2.32. The molecule has 4 nitrogen and oxygen atoms in total. The first kappa shape index (κ1) is 21.0. The number of hydrogen-bond acceptors (Lipinski definition) is 4. The molecular weight excluding hydrogens is 414 g/mol. The molecular formula is C24H26ClN3OS. The number of benzene rings is 2. The molecule has 0 radical (unpaired) electrons. The molecule has 0 aliphatic carbocycles. The fraction of sp³-hybridized carbons (Fsp3) is 0.333. The zero-order valence-electron chi connectivity index (χ0n) is 17.6. The predicted octanol–water partition coefficient (Wildman–Crippen LogP) is 5.43. The van der Waals surface area contributed by atoms with Gasteiger partial charge in [-0.3, -0.25) is 4.79 Å². The molecule has 2 aromatic rings. The van der Waals surface area contributed by atoms with E-state index < -0.39 is 0 Å². The van der Waals surface area contributed by atoms with Gasteiger partial charge >= 0.3 is 0 Å². The van der Waals surface area contributed by atoms with Crippen molar-refractivity contribution in [3.05, 3.63) is 69.6 Å². The van der Waals surface area contributed by atoms with Gasteiger partial charge in [-0.25, -0.2) is 0 Å². The highest BCUT2D eigenvalue weighted by molar-refractivity contribution is 8.18. The minimum absolute atomic E-state index is 0.119. The second-order valence-corrected chi connectivity index (χ2v) is 10.1. The summed E-state index contributed by atoms with van der Waals surface area (Å²) < 4.78 is 0. The molecule has 6 heteroatoms. The highest BCUT2D eigenvalue weighted by atomic mass is 35.5. The molecule has 2 aliphatic heterocycles. The number of thioether (sulfide) groups is 1. The number of piperazine rings is 1. The third kappa shape index (κ3) is 4.73. The van der Waals surface area contributed by atoms with Crippen LogP contribution in [-0.2, 0) is 10.2 Å². The number of halogens is 1. The first-order chi connectivity index (χ1) is 14.3. The number of carbonyl (C=O) groups excluding carboxylic acids is 1. The highest BCUT2D eigenvalue weighted by Gasteiger charge is 2.28. The van der Waals surface area contributed by atoms with Crippen molar-refractivity contribution in [1.29, 1.82) is 0 Å². The van der Waals surface area contributed by atoms with Crippen LogP contribution in [0.15, 0.2) is 58.4 Å². The lowest BCUT2D eigenvalue weighted by atomic mass is 9.87. The van der Waals surface area contributed by atoms with E-state index in [0.717, 1.165) is 41.9 Å². The second-order valence-electron chi connectivity index (χ2n) is 8.63. The summed E-state index contributed by atoms with van der Waals surface area (Å²) in [5.74, 6) is -0.143. The molecule has 0 saturated carbocycles. The molecule has 0 spiro atoms. The maximum absolute atomic E-state index is 12.4. The Balaban J connectivity index is 1.38. The molecule has 1 saturated heterocycles. The molecule has 0 bridgehead atoms. The van der Waals surface area contributed by atoms with Gasteiger partial charge in [0.15, 0.2) is 5.17 Å². The summed E-state index contributed by atoms with van der Waals surface area (Å²) in [6.45, 7) is 10.1. The molecule has 156 valence electrons. The van der Waals surface area contributed by atoms with Crippen molar-refractivity contribution in [1.82, 2.24) is 4.90 Å². The molecule has 2 heterocycles. The van der Waals surface area contributed by atoms with Crippen LogP contribution in [0.25, 0.3) is 6.08 Å². The maximum atomic E-state index is 12.4. The van der Waals surface area contributed by atoms with Gasteiger partial charge in [-0.1, -0.05) is 56.6 Å². The monoisotopic (exact) mass is 439 g/mol. The Labute approximate surface area is 187 Å². The lowest BCUT2D eigenvalue weighted by Crippen LogP contribution is -2.47. The molecule has 1 fully saturated rings. The number of hydrogen-bond donors (Lipinski definition) is 0. The van der Waals surface area contributed by atoms with E-state index in [4.69, 9.17) is 11.6 Å². The zero-order valence-corrected chi connectivity index (χ0v) is 19.1. The summed E-state index contributed by atoms with van der Waals surface area (Å²) >= 11 is 7.47. The van der Waals surface area contributed by atoms with Gasteiger partial charge in [-0.05, 0) is 58.6 Å². The van der Waals surface area contributed by atoms with Crippen LogP contribution in [-0.4, -0.2) is 42.2 Å². The summed E-state index contributed by atoms with van der Waals surface area (Å²) in [5.41, 5.74) is 3.61. The lowest BCUT2D eigenvalue weighted by molar-refractivity contribution is -0.113. The van der Waals surface area contributed by atoms with Crippen molar-refractivity contribution in [2.75, 3.05) is 31.1 Å². The van der Waals surface area contributed by atoms with Crippen LogP contribution in [0.5, 0.6) is 0 Å². The van der Waals surface area contributed by atoms with Crippen LogP contribution >= 0.6 is 23.4 Å². The van der Waals surface area contributed by atoms with E-state index in [0.29, 0.717) is 4.91 Å². The minimum Gasteiger partial charge on any atom is -0.368 e. The molecule has 4 rings (SSSR count). The van der Waals surface area contributed by atoms with Gasteiger partial charge in [-0.15, -0.1) is 0 Å². The van der Waals surface area contributed by atoms with Crippen molar-refractivity contribution in [3.8, 4) is 0 Å². The molecule has 0 atom stereocenters. The second kappa shape index (κ2) is 8.48. The molecule has 0 N–H and O–H groups in total. The fourth-order valence-corrected chi connectivity index (χ4v) is 4.66. The molecule has 30 heavy (non-hydrogen) atoms. The molecule has 2 aromatic carbocycles. The Hall–Kier alpha value is -2.24. The zero-order chi connectivity index (χ0) is 21.3. The Morgan fingerprint density at radius 1 is 0.933 bits per heavy atom. The largest absolute Gasteiger partial charge is 0.368 e. The quantitative estimate of drug-likeness (QED) is 0.584. The van der Waals surface area contributed by atoms with Gasteiger partial charge < -0.3 is 9.80 Å². The van der Waals surface area contributed by atoms with Crippen molar-refractivity contribution in [3.63, 3.8) is 0 Å². The number of aliphatic imine (C=N–C) groups is 1. The smallest absolute Gasteiger partial charge is 0.286 e. The maximum Gasteiger partial charge on any atom is 0.286 e. The van der Waals surface area contributed by atoms with E-state index in [1.54, 1.807) is 0 Å². The Bertz CT molecular complexity index is 983. The molecule has 0 unspecified atom stereocenters. The summed E-state index contributed by atoms with van der Waals surface area (Å²) in [6, 6.07) is 16.4. The number of anilines is 1. The van der Waals surface area contributed by atoms with Crippen molar-refractivity contribution in [2.24, 2.45) is 4.99 Å². The fourth-order valence-electron chi connectivity index (χ4n) is 3.57. The van der Waals surface area contributed by atoms with E-state index in [2.05, 4.69) is 72.0 Å². The first-order valence-electron chi connectivity index (χ1n) is 10.2. The normalized spacial score (nSPS) is 18.9. The van der Waals surface area contributed by atoms with E-state index in [1.807, 2.05) is 18.2 Å². The standard InChI is InChI=1S/C24H26ClN3OS/c1-24(2,3)18-6-4-17(5-7-18)16-21-22(29)26-23(30-21)28-14-12-27(13-15-28)20-10-8-19(25)9-11-20/h4-11,16H,12-15H2,1-3H3. The van der Waals surface area contributed by atoms with Gasteiger partial charge in [0, 0.05) is 36.9 Å². The SMILES string of the molecule is CC(C)(C)c1ccc(C=C2SC(N3CCN(c4ccc(Cl)cc4)CC3)=NC2=O)cc1. The van der Waals surface area contributed by atoms with Crippen LogP contribution < -0.4 is 4.90 Å². The third-order valence-corrected chi connectivity index (χ3v) is 6.72. The summed E-state index contributed by atoms with van der Waals surface area (Å²) in [7, 11) is 0. The minimum atomic E-state index is -0.143. The van der Waals surface area contributed by atoms with Gasteiger partial charge in [0.1, 0.15) is 0 Å². The van der Waals surface area contributed by atoms with Gasteiger partial charge in [0.2, 0.25) is 0 Å². The van der Waals surface area contributed by atoms with Gasteiger partial charge in [0.05, 0.1) is 4.91 Å². The lowest BCUT2D eigenvalue weighted by Gasteiger charge is -2.36. The van der Waals surface area contributed by atoms with E-state index in [9.17, 15) is 4.79 Å². The van der Waals surface area contributed by atoms with Crippen LogP contribution in [0.3, 0.4) is 0 Å². The van der Waals surface area contributed by atoms with E-state index >= 15 is 0 Å². The number of nitrogens with zero attached hydrogens (tertiary/aromatic N) is 3. The summed E-state index contributed by atoms with van der Waals surface area (Å²) in [6.07, 6.45) is 1.94. The molecule has 0 aromatic heterocycles. The Kier molecular flexibility index (Phi) is 5.94. The first-order valence-corrected chi connectivity index (χ1v) is 11.4.